The van der Waals surface area contributed by atoms with Crippen LogP contribution in [0.5, 0.6) is 0 Å². The van der Waals surface area contributed by atoms with Crippen LogP contribution in [-0.2, 0) is 30.6 Å². The molecule has 0 aliphatic carbocycles. The number of carbonyl (C=O) groups is 4. The summed E-state index contributed by atoms with van der Waals surface area (Å²) in [4.78, 5) is 59.6. The number of fused-ring (bicyclic) bond motifs is 1. The van der Waals surface area contributed by atoms with Gasteiger partial charge in [-0.2, -0.15) is 0 Å². The molecule has 2 aromatic rings. The number of oxime groups is 1. The SMILES string of the molecule is CC(C)(O/N=C(/C(=O)N[C@H]1C(=O)N2C(C(=O)[O-])=C(C[n+]3ccccc3)CS[C@H]12)c1csc(N)n1)C(=O)O. The number of carboxylic acids is 2. The average Bonchev–Trinajstić information content (AvgIpc) is 3.28. The van der Waals surface area contributed by atoms with Crippen molar-refractivity contribution < 1.29 is 38.8 Å². The van der Waals surface area contributed by atoms with Gasteiger partial charge in [0.1, 0.15) is 17.1 Å². The van der Waals surface area contributed by atoms with Crippen molar-refractivity contribution in [3.05, 3.63) is 52.9 Å². The number of hydrogen-bond acceptors (Lipinski definition) is 11. The first-order valence-electron chi connectivity index (χ1n) is 10.8. The molecule has 2 aromatic heterocycles. The van der Waals surface area contributed by atoms with Gasteiger partial charge in [-0.15, -0.1) is 23.1 Å². The minimum atomic E-state index is -1.75. The van der Waals surface area contributed by atoms with Crippen LogP contribution < -0.4 is 20.7 Å². The molecule has 0 aromatic carbocycles. The third-order valence-electron chi connectivity index (χ3n) is 5.54. The summed E-state index contributed by atoms with van der Waals surface area (Å²) in [5, 5.41) is 28.4. The van der Waals surface area contributed by atoms with Gasteiger partial charge < -0.3 is 30.9 Å². The number of nitrogens with zero attached hydrogens (tertiary/aromatic N) is 4. The Labute approximate surface area is 218 Å². The number of carboxylic acid groups (broad SMARTS) is 2. The number of β-lactam (4-membered cyclic amide) rings is 1. The fourth-order valence-corrected chi connectivity index (χ4v) is 5.45. The molecule has 2 amide bonds. The van der Waals surface area contributed by atoms with Crippen molar-refractivity contribution >= 4 is 57.7 Å². The van der Waals surface area contributed by atoms with Gasteiger partial charge in [0.25, 0.3) is 11.8 Å². The second-order valence-electron chi connectivity index (χ2n) is 8.57. The summed E-state index contributed by atoms with van der Waals surface area (Å²) in [5.41, 5.74) is 3.83. The third kappa shape index (κ3) is 5.27. The average molecular weight is 547 g/mol. The van der Waals surface area contributed by atoms with Gasteiger partial charge in [-0.25, -0.2) is 14.3 Å². The highest BCUT2D eigenvalue weighted by molar-refractivity contribution is 8.00. The molecule has 4 heterocycles. The second-order valence-corrected chi connectivity index (χ2v) is 10.6. The summed E-state index contributed by atoms with van der Waals surface area (Å²) in [6, 6.07) is 4.36. The van der Waals surface area contributed by atoms with Gasteiger partial charge in [0.05, 0.1) is 11.7 Å². The molecule has 0 radical (unpaired) electrons. The Hall–Kier alpha value is -3.98. The van der Waals surface area contributed by atoms with Crippen LogP contribution in [0.3, 0.4) is 0 Å². The smallest absolute Gasteiger partial charge is 0.350 e. The Bertz CT molecular complexity index is 1320. The number of aliphatic carboxylic acids is 2. The summed E-state index contributed by atoms with van der Waals surface area (Å²) in [5.74, 6) is -4.01. The van der Waals surface area contributed by atoms with Crippen molar-refractivity contribution in [3.63, 3.8) is 0 Å². The minimum absolute atomic E-state index is 0.0265. The maximum atomic E-state index is 13.1. The summed E-state index contributed by atoms with van der Waals surface area (Å²) >= 11 is 2.32. The predicted molar refractivity (Wildman–Crippen MR) is 130 cm³/mol. The fraction of sp³-hybridized carbons (Fsp3) is 0.318. The number of amides is 2. The molecule has 2 aliphatic rings. The number of rotatable bonds is 9. The Balaban J connectivity index is 1.55. The first-order chi connectivity index (χ1) is 17.5. The number of carbonyl (C=O) groups excluding carboxylic acids is 3. The van der Waals surface area contributed by atoms with Crippen LogP contribution in [0.1, 0.15) is 19.5 Å². The van der Waals surface area contributed by atoms with Crippen molar-refractivity contribution in [3.8, 4) is 0 Å². The Morgan fingerprint density at radius 3 is 2.65 bits per heavy atom. The number of nitrogens with two attached hydrogens (primary N) is 1. The number of aromatic nitrogens is 2. The van der Waals surface area contributed by atoms with Crippen LogP contribution >= 0.6 is 23.1 Å². The zero-order valence-electron chi connectivity index (χ0n) is 19.6. The number of pyridine rings is 1. The van der Waals surface area contributed by atoms with Crippen LogP contribution in [0.25, 0.3) is 0 Å². The van der Waals surface area contributed by atoms with Crippen molar-refractivity contribution in [2.75, 3.05) is 11.5 Å². The molecule has 194 valence electrons. The third-order valence-corrected chi connectivity index (χ3v) is 7.55. The maximum absolute atomic E-state index is 13.1. The van der Waals surface area contributed by atoms with Gasteiger partial charge in [-0.3, -0.25) is 14.5 Å². The van der Waals surface area contributed by atoms with Gasteiger partial charge in [-0.05, 0) is 13.8 Å². The van der Waals surface area contributed by atoms with Gasteiger partial charge in [0.15, 0.2) is 29.8 Å². The molecule has 1 fully saturated rings. The predicted octanol–water partition coefficient (Wildman–Crippen LogP) is -1.30. The number of nitrogen functional groups attached to an aromatic ring is 1. The zero-order valence-corrected chi connectivity index (χ0v) is 21.2. The van der Waals surface area contributed by atoms with E-state index in [1.807, 2.05) is 6.07 Å². The van der Waals surface area contributed by atoms with Gasteiger partial charge >= 0.3 is 5.97 Å². The van der Waals surface area contributed by atoms with Crippen molar-refractivity contribution in [2.24, 2.45) is 5.16 Å². The molecule has 37 heavy (non-hydrogen) atoms. The van der Waals surface area contributed by atoms with Crippen molar-refractivity contribution in [1.29, 1.82) is 0 Å². The normalized spacial score (nSPS) is 19.7. The molecular weight excluding hydrogens is 524 g/mol. The van der Waals surface area contributed by atoms with E-state index in [1.54, 1.807) is 29.1 Å². The molecule has 1 saturated heterocycles. The lowest BCUT2D eigenvalue weighted by Gasteiger charge is -2.50. The lowest BCUT2D eigenvalue weighted by molar-refractivity contribution is -0.689. The number of hydrogen-bond donors (Lipinski definition) is 3. The number of nitrogens with one attached hydrogen (secondary N) is 1. The second kappa shape index (κ2) is 10.2. The largest absolute Gasteiger partial charge is 0.543 e. The van der Waals surface area contributed by atoms with E-state index in [4.69, 9.17) is 10.6 Å². The first-order valence-corrected chi connectivity index (χ1v) is 12.8. The standard InChI is InChI=1S/C22H22N6O7S2/c1-22(2,20(33)34)35-26-13(12-10-37-21(23)24-12)16(29)25-14-17(30)28-15(19(31)32)11(9-36-18(14)28)8-27-6-4-3-5-7-27/h3-7,10,14,18H,8-9H2,1-2H3,(H4-,23,24,25,29,31,32,33,34)/b26-13+/t14-,18+/m0/s1. The van der Waals surface area contributed by atoms with Crippen LogP contribution in [0.4, 0.5) is 5.13 Å². The Morgan fingerprint density at radius 1 is 1.35 bits per heavy atom. The highest BCUT2D eigenvalue weighted by Gasteiger charge is 2.53. The number of anilines is 1. The quantitative estimate of drug-likeness (QED) is 0.147. The summed E-state index contributed by atoms with van der Waals surface area (Å²) in [6.07, 6.45) is 3.55. The summed E-state index contributed by atoms with van der Waals surface area (Å²) < 4.78 is 1.78. The molecule has 2 aliphatic heterocycles. The van der Waals surface area contributed by atoms with Crippen molar-refractivity contribution in [2.45, 2.75) is 37.4 Å². The number of thiazole rings is 1. The molecular formula is C22H22N6O7S2. The summed E-state index contributed by atoms with van der Waals surface area (Å²) in [7, 11) is 0. The lowest BCUT2D eigenvalue weighted by atomic mass is 10.0. The van der Waals surface area contributed by atoms with E-state index in [0.29, 0.717) is 11.3 Å². The Morgan fingerprint density at radius 2 is 2.05 bits per heavy atom. The molecule has 2 atom stereocenters. The van der Waals surface area contributed by atoms with Gasteiger partial charge in [-0.1, -0.05) is 11.2 Å². The van der Waals surface area contributed by atoms with Crippen molar-refractivity contribution in [1.82, 2.24) is 15.2 Å². The van der Waals surface area contributed by atoms with E-state index in [-0.39, 0.29) is 28.8 Å². The highest BCUT2D eigenvalue weighted by Crippen LogP contribution is 2.40. The first kappa shape index (κ1) is 26.1. The van der Waals surface area contributed by atoms with E-state index in [2.05, 4.69) is 15.5 Å². The number of thioether (sulfide) groups is 1. The highest BCUT2D eigenvalue weighted by atomic mass is 32.2. The van der Waals surface area contributed by atoms with E-state index in [0.717, 1.165) is 16.2 Å². The van der Waals surface area contributed by atoms with E-state index in [1.165, 1.54) is 31.0 Å². The van der Waals surface area contributed by atoms with Crippen LogP contribution in [0, 0.1) is 0 Å². The van der Waals surface area contributed by atoms with Gasteiger partial charge in [0, 0.05) is 28.8 Å². The monoisotopic (exact) mass is 546 g/mol. The molecule has 4 rings (SSSR count). The van der Waals surface area contributed by atoms with Crippen LogP contribution in [0.2, 0.25) is 0 Å². The molecule has 0 saturated carbocycles. The van der Waals surface area contributed by atoms with E-state index in [9.17, 15) is 29.4 Å². The molecule has 0 spiro atoms. The Kier molecular flexibility index (Phi) is 7.18. The lowest BCUT2D eigenvalue weighted by Crippen LogP contribution is -2.71. The summed E-state index contributed by atoms with van der Waals surface area (Å²) in [6.45, 7) is 2.74. The van der Waals surface area contributed by atoms with Crippen LogP contribution in [-0.4, -0.2) is 67.2 Å². The molecule has 4 N–H and O–H groups in total. The van der Waals surface area contributed by atoms with Crippen LogP contribution in [0.15, 0.2) is 52.4 Å². The maximum Gasteiger partial charge on any atom is 0.350 e. The van der Waals surface area contributed by atoms with E-state index >= 15 is 0 Å². The van der Waals surface area contributed by atoms with E-state index < -0.39 is 40.8 Å². The molecule has 0 unspecified atom stereocenters. The fourth-order valence-electron chi connectivity index (χ4n) is 3.56. The topological polar surface area (TPSA) is 191 Å². The molecule has 15 heteroatoms. The van der Waals surface area contributed by atoms with Gasteiger partial charge in [0.2, 0.25) is 5.60 Å². The minimum Gasteiger partial charge on any atom is -0.543 e. The zero-order chi connectivity index (χ0) is 26.9. The molecule has 13 nitrogen and oxygen atoms in total. The molecule has 0 bridgehead atoms.